The Morgan fingerprint density at radius 1 is 1.15 bits per heavy atom. The van der Waals surface area contributed by atoms with E-state index in [0.29, 0.717) is 15.8 Å². The van der Waals surface area contributed by atoms with E-state index in [1.165, 1.54) is 6.07 Å². The molecule has 0 aliphatic rings. The summed E-state index contributed by atoms with van der Waals surface area (Å²) in [7, 11) is -1.92. The zero-order chi connectivity index (χ0) is 14.8. The Balaban J connectivity index is 2.32. The van der Waals surface area contributed by atoms with Crippen LogP contribution < -0.4 is 10.5 Å². The van der Waals surface area contributed by atoms with Gasteiger partial charge in [0.05, 0.1) is 23.4 Å². The Labute approximate surface area is 126 Å². The van der Waals surface area contributed by atoms with Gasteiger partial charge in [0.2, 0.25) is 0 Å². The number of hydrogen-bond donors (Lipinski definition) is 1. The normalized spacial score (nSPS) is 11.3. The molecule has 2 rings (SSSR count). The molecule has 0 atom stereocenters. The molecule has 0 radical (unpaired) electrons. The van der Waals surface area contributed by atoms with E-state index in [4.69, 9.17) is 10.5 Å². The van der Waals surface area contributed by atoms with E-state index in [0.717, 1.165) is 0 Å². The number of nitrogen functional groups attached to an aromatic ring is 1. The fourth-order valence-electron chi connectivity index (χ4n) is 1.80. The highest BCUT2D eigenvalue weighted by molar-refractivity contribution is 9.10. The van der Waals surface area contributed by atoms with Crippen LogP contribution in [0.15, 0.2) is 51.8 Å². The molecule has 0 aliphatic carbocycles. The van der Waals surface area contributed by atoms with E-state index < -0.39 is 9.84 Å². The second kappa shape index (κ2) is 5.85. The molecule has 106 valence electrons. The first kappa shape index (κ1) is 14.9. The molecule has 0 unspecified atom stereocenters. The van der Waals surface area contributed by atoms with Crippen LogP contribution in [0, 0.1) is 0 Å². The van der Waals surface area contributed by atoms with Crippen LogP contribution in [0.3, 0.4) is 0 Å². The summed E-state index contributed by atoms with van der Waals surface area (Å²) in [5.41, 5.74) is 6.69. The molecule has 0 saturated carbocycles. The number of ether oxygens (including phenoxy) is 1. The van der Waals surface area contributed by atoms with E-state index in [2.05, 4.69) is 15.9 Å². The van der Waals surface area contributed by atoms with Crippen molar-refractivity contribution in [2.24, 2.45) is 0 Å². The molecular formula is C14H14BrNO3S. The maximum absolute atomic E-state index is 12.4. The van der Waals surface area contributed by atoms with Crippen LogP contribution >= 0.6 is 15.9 Å². The molecule has 2 aromatic rings. The zero-order valence-electron chi connectivity index (χ0n) is 10.8. The summed E-state index contributed by atoms with van der Waals surface area (Å²) in [6.07, 6.45) is 0. The smallest absolute Gasteiger partial charge is 0.184 e. The average molecular weight is 356 g/mol. The molecule has 6 heteroatoms. The van der Waals surface area contributed by atoms with Crippen molar-refractivity contribution in [2.75, 3.05) is 12.8 Å². The molecule has 0 heterocycles. The summed E-state index contributed by atoms with van der Waals surface area (Å²) < 4.78 is 30.5. The second-order valence-electron chi connectivity index (χ2n) is 4.29. The number of halogens is 1. The minimum absolute atomic E-state index is 0.0996. The van der Waals surface area contributed by atoms with Crippen LogP contribution in [0.2, 0.25) is 0 Å². The van der Waals surface area contributed by atoms with Crippen molar-refractivity contribution >= 4 is 31.5 Å². The van der Waals surface area contributed by atoms with E-state index in [9.17, 15) is 8.42 Å². The maximum atomic E-state index is 12.4. The number of methoxy groups -OCH3 is 1. The number of benzene rings is 2. The zero-order valence-corrected chi connectivity index (χ0v) is 13.2. The Kier molecular flexibility index (Phi) is 4.35. The number of nitrogens with two attached hydrogens (primary N) is 1. The van der Waals surface area contributed by atoms with E-state index >= 15 is 0 Å². The highest BCUT2D eigenvalue weighted by Gasteiger charge is 2.18. The topological polar surface area (TPSA) is 69.4 Å². The third kappa shape index (κ3) is 3.32. The minimum atomic E-state index is -3.48. The summed E-state index contributed by atoms with van der Waals surface area (Å²) in [6.45, 7) is 0. The van der Waals surface area contributed by atoms with Crippen LogP contribution in [0.25, 0.3) is 0 Å². The monoisotopic (exact) mass is 355 g/mol. The average Bonchev–Trinajstić information content (AvgIpc) is 2.42. The van der Waals surface area contributed by atoms with Crippen molar-refractivity contribution in [3.8, 4) is 5.75 Å². The number of sulfone groups is 1. The van der Waals surface area contributed by atoms with E-state index in [-0.39, 0.29) is 16.3 Å². The van der Waals surface area contributed by atoms with Crippen molar-refractivity contribution in [3.05, 3.63) is 52.5 Å². The first-order chi connectivity index (χ1) is 9.42. The first-order valence-corrected chi connectivity index (χ1v) is 8.27. The molecule has 0 bridgehead atoms. The molecule has 0 aliphatic heterocycles. The predicted molar refractivity (Wildman–Crippen MR) is 82.4 cm³/mol. The van der Waals surface area contributed by atoms with Crippen molar-refractivity contribution < 1.29 is 13.2 Å². The largest absolute Gasteiger partial charge is 0.497 e. The van der Waals surface area contributed by atoms with Gasteiger partial charge in [0.1, 0.15) is 5.75 Å². The molecule has 4 nitrogen and oxygen atoms in total. The van der Waals surface area contributed by atoms with Gasteiger partial charge < -0.3 is 10.5 Å². The van der Waals surface area contributed by atoms with Gasteiger partial charge in [0.15, 0.2) is 9.84 Å². The summed E-state index contributed by atoms with van der Waals surface area (Å²) >= 11 is 3.26. The van der Waals surface area contributed by atoms with Crippen molar-refractivity contribution in [3.63, 3.8) is 0 Å². The SMILES string of the molecule is COc1ccc(CS(=O)(=O)c2cc(Br)ccc2N)cc1. The molecule has 0 spiro atoms. The molecule has 2 aromatic carbocycles. The highest BCUT2D eigenvalue weighted by atomic mass is 79.9. The van der Waals surface area contributed by atoms with Gasteiger partial charge in [0, 0.05) is 4.47 Å². The van der Waals surface area contributed by atoms with Gasteiger partial charge in [-0.1, -0.05) is 28.1 Å². The van der Waals surface area contributed by atoms with Gasteiger partial charge in [-0.3, -0.25) is 0 Å². The van der Waals surface area contributed by atoms with Crippen molar-refractivity contribution in [1.82, 2.24) is 0 Å². The molecule has 0 amide bonds. The molecule has 20 heavy (non-hydrogen) atoms. The lowest BCUT2D eigenvalue weighted by atomic mass is 10.2. The number of rotatable bonds is 4. The molecule has 0 fully saturated rings. The Hall–Kier alpha value is -1.53. The molecule has 2 N–H and O–H groups in total. The van der Waals surface area contributed by atoms with Crippen LogP contribution in [0.4, 0.5) is 5.69 Å². The quantitative estimate of drug-likeness (QED) is 0.855. The maximum Gasteiger partial charge on any atom is 0.184 e. The number of hydrogen-bond acceptors (Lipinski definition) is 4. The van der Waals surface area contributed by atoms with E-state index in [1.54, 1.807) is 43.5 Å². The second-order valence-corrected chi connectivity index (χ2v) is 7.16. The lowest BCUT2D eigenvalue weighted by Gasteiger charge is -2.08. The highest BCUT2D eigenvalue weighted by Crippen LogP contribution is 2.26. The van der Waals surface area contributed by atoms with Gasteiger partial charge in [-0.25, -0.2) is 8.42 Å². The Morgan fingerprint density at radius 3 is 2.40 bits per heavy atom. The third-order valence-electron chi connectivity index (χ3n) is 2.83. The molecular weight excluding hydrogens is 342 g/mol. The standard InChI is InChI=1S/C14H14BrNO3S/c1-19-12-5-2-10(3-6-12)9-20(17,18)14-8-11(15)4-7-13(14)16/h2-8H,9,16H2,1H3. The Morgan fingerprint density at radius 2 is 1.80 bits per heavy atom. The van der Waals surface area contributed by atoms with Gasteiger partial charge in [0.25, 0.3) is 0 Å². The molecule has 0 saturated heterocycles. The summed E-state index contributed by atoms with van der Waals surface area (Å²) in [5, 5.41) is 0. The Bertz CT molecular complexity index is 712. The number of anilines is 1. The first-order valence-electron chi connectivity index (χ1n) is 5.83. The van der Waals surface area contributed by atoms with Gasteiger partial charge in [-0.2, -0.15) is 0 Å². The lowest BCUT2D eigenvalue weighted by molar-refractivity contribution is 0.414. The third-order valence-corrected chi connectivity index (χ3v) is 5.06. The van der Waals surface area contributed by atoms with Gasteiger partial charge >= 0.3 is 0 Å². The summed E-state index contributed by atoms with van der Waals surface area (Å²) in [6, 6.07) is 11.7. The van der Waals surface area contributed by atoms with E-state index in [1.807, 2.05) is 0 Å². The molecule has 0 aromatic heterocycles. The van der Waals surface area contributed by atoms with Gasteiger partial charge in [-0.05, 0) is 35.9 Å². The van der Waals surface area contributed by atoms with Crippen LogP contribution in [0.5, 0.6) is 5.75 Å². The lowest BCUT2D eigenvalue weighted by Crippen LogP contribution is -2.08. The van der Waals surface area contributed by atoms with Crippen LogP contribution in [-0.2, 0) is 15.6 Å². The fourth-order valence-corrected chi connectivity index (χ4v) is 3.83. The minimum Gasteiger partial charge on any atom is -0.497 e. The fraction of sp³-hybridized carbons (Fsp3) is 0.143. The van der Waals surface area contributed by atoms with Crippen molar-refractivity contribution in [2.45, 2.75) is 10.6 Å². The summed E-state index contributed by atoms with van der Waals surface area (Å²) in [4.78, 5) is 0.141. The van der Waals surface area contributed by atoms with Crippen LogP contribution in [0.1, 0.15) is 5.56 Å². The van der Waals surface area contributed by atoms with Crippen molar-refractivity contribution in [1.29, 1.82) is 0 Å². The van der Waals surface area contributed by atoms with Crippen LogP contribution in [-0.4, -0.2) is 15.5 Å². The van der Waals surface area contributed by atoms with Gasteiger partial charge in [-0.15, -0.1) is 0 Å². The predicted octanol–water partition coefficient (Wildman–Crippen LogP) is 3.01. The summed E-state index contributed by atoms with van der Waals surface area (Å²) in [5.74, 6) is 0.589.